The molecule has 3 rings (SSSR count). The van der Waals surface area contributed by atoms with Crippen LogP contribution in [0.5, 0.6) is 0 Å². The van der Waals surface area contributed by atoms with Crippen LogP contribution in [0.25, 0.3) is 0 Å². The molecule has 176 valence electrons. The fraction of sp³-hybridized carbons (Fsp3) is 0.786. The van der Waals surface area contributed by atoms with E-state index in [1.54, 1.807) is 5.57 Å². The molecule has 0 spiro atoms. The van der Waals surface area contributed by atoms with Gasteiger partial charge in [-0.3, -0.25) is 0 Å². The van der Waals surface area contributed by atoms with Crippen molar-refractivity contribution < 1.29 is 15.3 Å². The van der Waals surface area contributed by atoms with Crippen molar-refractivity contribution in [1.82, 2.24) is 0 Å². The molecule has 0 amide bonds. The van der Waals surface area contributed by atoms with Gasteiger partial charge in [-0.2, -0.15) is 0 Å². The molecule has 0 aromatic heterocycles. The third-order valence-electron chi connectivity index (χ3n) is 8.97. The van der Waals surface area contributed by atoms with E-state index in [-0.39, 0.29) is 5.92 Å². The number of rotatable bonds is 6. The number of allylic oxidation sites excluding steroid dienone is 3. The second-order valence-electron chi connectivity index (χ2n) is 11.8. The SMILES string of the molecule is C=C1C(=CC=C2CCC[C@]3(C)[C@@H]([C@H](C)CCCC(C)(C)O)CC[C@@H]23)C[C@H](O)[C@H](C)[C@@H]1O. The van der Waals surface area contributed by atoms with Crippen molar-refractivity contribution >= 4 is 0 Å². The highest BCUT2D eigenvalue weighted by Gasteiger charge is 2.50. The first-order valence-electron chi connectivity index (χ1n) is 12.6. The van der Waals surface area contributed by atoms with Gasteiger partial charge in [0.15, 0.2) is 0 Å². The van der Waals surface area contributed by atoms with E-state index in [1.807, 2.05) is 20.8 Å². The fourth-order valence-corrected chi connectivity index (χ4v) is 6.91. The first kappa shape index (κ1) is 24.7. The first-order chi connectivity index (χ1) is 14.4. The normalized spacial score (nSPS) is 40.4. The lowest BCUT2D eigenvalue weighted by Crippen LogP contribution is -2.36. The summed E-state index contributed by atoms with van der Waals surface area (Å²) in [6, 6.07) is 0. The van der Waals surface area contributed by atoms with Crippen LogP contribution in [0, 0.1) is 29.1 Å². The molecule has 0 saturated heterocycles. The molecule has 31 heavy (non-hydrogen) atoms. The van der Waals surface area contributed by atoms with E-state index in [1.165, 1.54) is 32.1 Å². The minimum atomic E-state index is -0.648. The second kappa shape index (κ2) is 9.53. The van der Waals surface area contributed by atoms with Gasteiger partial charge < -0.3 is 15.3 Å². The molecular formula is C28H46O3. The minimum absolute atomic E-state index is 0.149. The summed E-state index contributed by atoms with van der Waals surface area (Å²) in [5.74, 6) is 1.94. The van der Waals surface area contributed by atoms with Crippen molar-refractivity contribution in [2.45, 2.75) is 110 Å². The lowest BCUT2D eigenvalue weighted by molar-refractivity contribution is 0.0283. The summed E-state index contributed by atoms with van der Waals surface area (Å²) in [6.45, 7) is 14.8. The Morgan fingerprint density at radius 1 is 1.23 bits per heavy atom. The van der Waals surface area contributed by atoms with Gasteiger partial charge in [0, 0.05) is 5.92 Å². The number of aliphatic hydroxyl groups is 3. The van der Waals surface area contributed by atoms with Gasteiger partial charge in [0.2, 0.25) is 0 Å². The Balaban J connectivity index is 1.71. The van der Waals surface area contributed by atoms with Crippen molar-refractivity contribution in [2.24, 2.45) is 29.1 Å². The van der Waals surface area contributed by atoms with Crippen LogP contribution in [0.4, 0.5) is 0 Å². The molecule has 3 nitrogen and oxygen atoms in total. The van der Waals surface area contributed by atoms with E-state index in [2.05, 4.69) is 32.6 Å². The van der Waals surface area contributed by atoms with Gasteiger partial charge in [0.25, 0.3) is 0 Å². The van der Waals surface area contributed by atoms with Gasteiger partial charge in [0.1, 0.15) is 0 Å². The van der Waals surface area contributed by atoms with Crippen LogP contribution in [0.1, 0.15) is 92.4 Å². The standard InChI is InChI=1S/C28H46O3/c1-18(9-7-15-27(4,5)31)23-13-14-24-21(10-8-16-28(23,24)6)11-12-22-17-25(29)20(3)26(30)19(22)2/h11-12,18,20,23-26,29-31H,2,7-10,13-17H2,1,3-6H3/t18-,20+,23-,24+,25+,26-,28-/m1/s1. The highest BCUT2D eigenvalue weighted by Crippen LogP contribution is 2.60. The molecule has 0 aliphatic heterocycles. The summed E-state index contributed by atoms with van der Waals surface area (Å²) in [4.78, 5) is 0. The Morgan fingerprint density at radius 2 is 1.94 bits per heavy atom. The van der Waals surface area contributed by atoms with Gasteiger partial charge >= 0.3 is 0 Å². The Morgan fingerprint density at radius 3 is 2.61 bits per heavy atom. The van der Waals surface area contributed by atoms with Gasteiger partial charge in [-0.25, -0.2) is 0 Å². The second-order valence-corrected chi connectivity index (χ2v) is 11.8. The van der Waals surface area contributed by atoms with Crippen LogP contribution >= 0.6 is 0 Å². The summed E-state index contributed by atoms with van der Waals surface area (Å²) >= 11 is 0. The molecule has 3 fully saturated rings. The molecule has 0 aromatic rings. The van der Waals surface area contributed by atoms with Crippen LogP contribution in [-0.2, 0) is 0 Å². The first-order valence-corrected chi connectivity index (χ1v) is 12.6. The van der Waals surface area contributed by atoms with Crippen LogP contribution < -0.4 is 0 Å². The van der Waals surface area contributed by atoms with Gasteiger partial charge in [0.05, 0.1) is 17.8 Å². The molecule has 0 bridgehead atoms. The number of hydrogen-bond acceptors (Lipinski definition) is 3. The summed E-state index contributed by atoms with van der Waals surface area (Å²) in [6.07, 6.45) is 13.4. The van der Waals surface area contributed by atoms with Crippen molar-refractivity contribution in [3.05, 3.63) is 35.5 Å². The Bertz CT molecular complexity index is 712. The van der Waals surface area contributed by atoms with Crippen LogP contribution in [0.3, 0.4) is 0 Å². The molecule has 3 heteroatoms. The van der Waals surface area contributed by atoms with E-state index in [0.717, 1.165) is 36.3 Å². The van der Waals surface area contributed by atoms with Crippen LogP contribution in [-0.4, -0.2) is 33.1 Å². The van der Waals surface area contributed by atoms with Crippen molar-refractivity contribution in [3.8, 4) is 0 Å². The Hall–Kier alpha value is -0.900. The summed E-state index contributed by atoms with van der Waals surface area (Å²) in [5, 5.41) is 30.7. The molecule has 0 radical (unpaired) electrons. The van der Waals surface area contributed by atoms with E-state index in [0.29, 0.717) is 23.7 Å². The Kier molecular flexibility index (Phi) is 7.61. The quantitative estimate of drug-likeness (QED) is 0.488. The zero-order valence-electron chi connectivity index (χ0n) is 20.5. The lowest BCUT2D eigenvalue weighted by atomic mass is 9.60. The maximum Gasteiger partial charge on any atom is 0.0837 e. The minimum Gasteiger partial charge on any atom is -0.392 e. The molecule has 0 unspecified atom stereocenters. The topological polar surface area (TPSA) is 60.7 Å². The molecular weight excluding hydrogens is 384 g/mol. The predicted molar refractivity (Wildman–Crippen MR) is 129 cm³/mol. The molecule has 3 N–H and O–H groups in total. The largest absolute Gasteiger partial charge is 0.392 e. The molecule has 3 saturated carbocycles. The highest BCUT2D eigenvalue weighted by molar-refractivity contribution is 5.39. The number of hydrogen-bond donors (Lipinski definition) is 3. The fourth-order valence-electron chi connectivity index (χ4n) is 6.91. The van der Waals surface area contributed by atoms with E-state index in [4.69, 9.17) is 0 Å². The number of fused-ring (bicyclic) bond motifs is 1. The highest BCUT2D eigenvalue weighted by atomic mass is 16.3. The van der Waals surface area contributed by atoms with E-state index in [9.17, 15) is 15.3 Å². The summed E-state index contributed by atoms with van der Waals surface area (Å²) in [5.41, 5.74) is 3.15. The average Bonchev–Trinajstić information content (AvgIpc) is 3.04. The van der Waals surface area contributed by atoms with Crippen LogP contribution in [0.2, 0.25) is 0 Å². The summed E-state index contributed by atoms with van der Waals surface area (Å²) < 4.78 is 0. The molecule has 0 heterocycles. The average molecular weight is 431 g/mol. The predicted octanol–water partition coefficient (Wildman–Crippen LogP) is 5.95. The third kappa shape index (κ3) is 5.37. The van der Waals surface area contributed by atoms with E-state index >= 15 is 0 Å². The lowest BCUT2D eigenvalue weighted by Gasteiger charge is -2.44. The zero-order chi connectivity index (χ0) is 23.0. The van der Waals surface area contributed by atoms with Gasteiger partial charge in [-0.15, -0.1) is 0 Å². The number of aliphatic hydroxyl groups excluding tert-OH is 2. The van der Waals surface area contributed by atoms with Gasteiger partial charge in [-0.1, -0.05) is 57.9 Å². The maximum absolute atomic E-state index is 10.4. The zero-order valence-corrected chi connectivity index (χ0v) is 20.5. The third-order valence-corrected chi connectivity index (χ3v) is 8.97. The van der Waals surface area contributed by atoms with Gasteiger partial charge in [-0.05, 0) is 93.1 Å². The van der Waals surface area contributed by atoms with Crippen molar-refractivity contribution in [3.63, 3.8) is 0 Å². The maximum atomic E-state index is 10.4. The smallest absolute Gasteiger partial charge is 0.0837 e. The van der Waals surface area contributed by atoms with Crippen molar-refractivity contribution in [2.75, 3.05) is 0 Å². The Labute approximate surface area is 190 Å². The molecule has 7 atom stereocenters. The van der Waals surface area contributed by atoms with E-state index < -0.39 is 17.8 Å². The van der Waals surface area contributed by atoms with Crippen LogP contribution in [0.15, 0.2) is 35.5 Å². The molecule has 0 aromatic carbocycles. The molecule has 3 aliphatic rings. The monoisotopic (exact) mass is 430 g/mol. The molecule has 3 aliphatic carbocycles. The van der Waals surface area contributed by atoms with Crippen molar-refractivity contribution in [1.29, 1.82) is 0 Å². The summed E-state index contributed by atoms with van der Waals surface area (Å²) in [7, 11) is 0.